The molecule has 1 saturated heterocycles. The maximum Gasteiger partial charge on any atom is 0.335 e. The number of benzene rings is 1. The second-order valence-electron chi connectivity index (χ2n) is 7.01. The lowest BCUT2D eigenvalue weighted by atomic mass is 9.46. The average molecular weight is 315 g/mol. The van der Waals surface area contributed by atoms with E-state index in [1.54, 1.807) is 24.3 Å². The average Bonchev–Trinajstić information content (AvgIpc) is 2.89. The number of aromatic carboxylic acids is 1. The van der Waals surface area contributed by atoms with E-state index in [2.05, 4.69) is 5.32 Å². The largest absolute Gasteiger partial charge is 0.478 e. The molecule has 1 aliphatic heterocycles. The van der Waals surface area contributed by atoms with Gasteiger partial charge in [0.1, 0.15) is 0 Å². The van der Waals surface area contributed by atoms with Crippen LogP contribution < -0.4 is 5.32 Å². The van der Waals surface area contributed by atoms with Crippen LogP contribution in [0.2, 0.25) is 0 Å². The first-order valence-corrected chi connectivity index (χ1v) is 8.34. The van der Waals surface area contributed by atoms with E-state index < -0.39 is 5.97 Å². The van der Waals surface area contributed by atoms with Crippen LogP contribution in [-0.2, 0) is 16.0 Å². The molecule has 0 aromatic heterocycles. The maximum absolute atomic E-state index is 12.5. The summed E-state index contributed by atoms with van der Waals surface area (Å²) in [4.78, 5) is 23.7. The molecule has 1 spiro atoms. The summed E-state index contributed by atoms with van der Waals surface area (Å²) in [5.41, 5.74) is 0.929. The highest BCUT2D eigenvalue weighted by atomic mass is 16.5. The molecule has 0 radical (unpaired) electrons. The standard InChI is InChI=1S/C18H21NO4/c20-14(10-11-4-1-2-5-12(11)17(21)22)19-15-13-6-9-23-16(13)18(15)7-3-8-18/h1-2,4-5,13,15-16H,3,6-10H2,(H,19,20)(H,21,22). The Kier molecular flexibility index (Phi) is 3.41. The Bertz CT molecular complexity index is 652. The Morgan fingerprint density at radius 2 is 2.09 bits per heavy atom. The Morgan fingerprint density at radius 3 is 2.78 bits per heavy atom. The fraction of sp³-hybridized carbons (Fsp3) is 0.556. The molecule has 1 heterocycles. The molecule has 1 aromatic carbocycles. The van der Waals surface area contributed by atoms with E-state index in [1.165, 1.54) is 6.42 Å². The third-order valence-electron chi connectivity index (χ3n) is 5.95. The predicted molar refractivity (Wildman–Crippen MR) is 83.2 cm³/mol. The second kappa shape index (κ2) is 5.34. The fourth-order valence-electron chi connectivity index (χ4n) is 4.74. The number of fused-ring (bicyclic) bond motifs is 2. The normalized spacial score (nSPS) is 30.2. The van der Waals surface area contributed by atoms with Gasteiger partial charge in [0.25, 0.3) is 0 Å². The monoisotopic (exact) mass is 315 g/mol. The molecule has 3 atom stereocenters. The lowest BCUT2D eigenvalue weighted by Gasteiger charge is -2.63. The van der Waals surface area contributed by atoms with E-state index >= 15 is 0 Å². The van der Waals surface area contributed by atoms with E-state index in [9.17, 15) is 14.7 Å². The number of carbonyl (C=O) groups excluding carboxylic acids is 1. The lowest BCUT2D eigenvalue weighted by molar-refractivity contribution is -0.179. The topological polar surface area (TPSA) is 75.6 Å². The van der Waals surface area contributed by atoms with E-state index in [4.69, 9.17) is 4.74 Å². The van der Waals surface area contributed by atoms with Crippen molar-refractivity contribution in [2.75, 3.05) is 6.61 Å². The van der Waals surface area contributed by atoms with Crippen molar-refractivity contribution in [3.63, 3.8) is 0 Å². The molecule has 0 bridgehead atoms. The minimum atomic E-state index is -0.989. The third-order valence-corrected chi connectivity index (χ3v) is 5.95. The van der Waals surface area contributed by atoms with Crippen LogP contribution in [-0.4, -0.2) is 35.7 Å². The van der Waals surface area contributed by atoms with E-state index in [0.717, 1.165) is 25.9 Å². The first kappa shape index (κ1) is 14.7. The van der Waals surface area contributed by atoms with Crippen molar-refractivity contribution in [2.24, 2.45) is 11.3 Å². The van der Waals surface area contributed by atoms with Gasteiger partial charge < -0.3 is 15.2 Å². The van der Waals surface area contributed by atoms with Crippen molar-refractivity contribution in [3.8, 4) is 0 Å². The molecular formula is C18H21NO4. The smallest absolute Gasteiger partial charge is 0.335 e. The molecule has 3 aliphatic rings. The van der Waals surface area contributed by atoms with Gasteiger partial charge in [-0.3, -0.25) is 4.79 Å². The van der Waals surface area contributed by atoms with Gasteiger partial charge in [0.05, 0.1) is 18.1 Å². The molecule has 2 aliphatic carbocycles. The van der Waals surface area contributed by atoms with Gasteiger partial charge in [0.2, 0.25) is 5.91 Å². The Balaban J connectivity index is 1.46. The molecule has 2 N–H and O–H groups in total. The van der Waals surface area contributed by atoms with Crippen LogP contribution in [0.1, 0.15) is 41.6 Å². The molecule has 4 rings (SSSR count). The number of ether oxygens (including phenoxy) is 1. The van der Waals surface area contributed by atoms with Crippen molar-refractivity contribution in [1.82, 2.24) is 5.32 Å². The van der Waals surface area contributed by atoms with Gasteiger partial charge in [0, 0.05) is 24.0 Å². The van der Waals surface area contributed by atoms with Gasteiger partial charge in [0.15, 0.2) is 0 Å². The van der Waals surface area contributed by atoms with Crippen LogP contribution in [0.4, 0.5) is 0 Å². The molecule has 2 saturated carbocycles. The van der Waals surface area contributed by atoms with Gasteiger partial charge in [-0.05, 0) is 30.9 Å². The van der Waals surface area contributed by atoms with E-state index in [1.807, 2.05) is 0 Å². The highest BCUT2D eigenvalue weighted by Gasteiger charge is 2.66. The van der Waals surface area contributed by atoms with Crippen LogP contribution in [0.15, 0.2) is 24.3 Å². The minimum absolute atomic E-state index is 0.0830. The summed E-state index contributed by atoms with van der Waals surface area (Å²) < 4.78 is 5.86. The van der Waals surface area contributed by atoms with E-state index in [-0.39, 0.29) is 29.3 Å². The highest BCUT2D eigenvalue weighted by Crippen LogP contribution is 2.62. The maximum atomic E-state index is 12.5. The predicted octanol–water partition coefficient (Wildman–Crippen LogP) is 2.00. The number of hydrogen-bond donors (Lipinski definition) is 2. The number of carboxylic acid groups (broad SMARTS) is 1. The zero-order valence-corrected chi connectivity index (χ0v) is 13.0. The Hall–Kier alpha value is -1.88. The van der Waals surface area contributed by atoms with Gasteiger partial charge in [-0.15, -0.1) is 0 Å². The minimum Gasteiger partial charge on any atom is -0.478 e. The Labute approximate surface area is 135 Å². The number of nitrogens with one attached hydrogen (secondary N) is 1. The molecule has 3 fully saturated rings. The van der Waals surface area contributed by atoms with Gasteiger partial charge >= 0.3 is 5.97 Å². The number of amides is 1. The first-order valence-electron chi connectivity index (χ1n) is 8.34. The zero-order valence-electron chi connectivity index (χ0n) is 13.0. The number of rotatable bonds is 4. The fourth-order valence-corrected chi connectivity index (χ4v) is 4.74. The molecule has 1 aromatic rings. The first-order chi connectivity index (χ1) is 11.1. The van der Waals surface area contributed by atoms with Crippen molar-refractivity contribution in [1.29, 1.82) is 0 Å². The molecule has 122 valence electrons. The van der Waals surface area contributed by atoms with Crippen LogP contribution in [0.25, 0.3) is 0 Å². The van der Waals surface area contributed by atoms with Crippen molar-refractivity contribution < 1.29 is 19.4 Å². The Morgan fingerprint density at radius 1 is 1.30 bits per heavy atom. The molecule has 5 heteroatoms. The van der Waals surface area contributed by atoms with Crippen molar-refractivity contribution in [3.05, 3.63) is 35.4 Å². The molecular weight excluding hydrogens is 294 g/mol. The quantitative estimate of drug-likeness (QED) is 0.891. The highest BCUT2D eigenvalue weighted by molar-refractivity contribution is 5.91. The number of hydrogen-bond acceptors (Lipinski definition) is 3. The van der Waals surface area contributed by atoms with Gasteiger partial charge in [-0.25, -0.2) is 4.79 Å². The summed E-state index contributed by atoms with van der Waals surface area (Å²) in [6.07, 6.45) is 4.93. The summed E-state index contributed by atoms with van der Waals surface area (Å²) in [7, 11) is 0. The van der Waals surface area contributed by atoms with E-state index in [0.29, 0.717) is 17.6 Å². The molecule has 3 unspecified atom stereocenters. The lowest BCUT2D eigenvalue weighted by Crippen LogP contribution is -2.71. The molecule has 5 nitrogen and oxygen atoms in total. The third kappa shape index (κ3) is 2.17. The summed E-state index contributed by atoms with van der Waals surface area (Å²) in [6, 6.07) is 6.91. The van der Waals surface area contributed by atoms with Crippen LogP contribution in [0.5, 0.6) is 0 Å². The van der Waals surface area contributed by atoms with Crippen molar-refractivity contribution >= 4 is 11.9 Å². The van der Waals surface area contributed by atoms with Crippen molar-refractivity contribution in [2.45, 2.75) is 44.2 Å². The van der Waals surface area contributed by atoms with Crippen LogP contribution in [0, 0.1) is 11.3 Å². The zero-order chi connectivity index (χ0) is 16.0. The number of carbonyl (C=O) groups is 2. The number of carboxylic acids is 1. The van der Waals surface area contributed by atoms with Gasteiger partial charge in [-0.2, -0.15) is 0 Å². The van der Waals surface area contributed by atoms with Crippen LogP contribution in [0.3, 0.4) is 0 Å². The summed E-state index contributed by atoms with van der Waals surface area (Å²) in [6.45, 7) is 0.797. The second-order valence-corrected chi connectivity index (χ2v) is 7.01. The summed E-state index contributed by atoms with van der Waals surface area (Å²) in [5.74, 6) is -0.633. The molecule has 1 amide bonds. The SMILES string of the molecule is O=C(Cc1ccccc1C(=O)O)NC1C2CCOC2C12CCC2. The van der Waals surface area contributed by atoms with Gasteiger partial charge in [-0.1, -0.05) is 24.6 Å². The summed E-state index contributed by atoms with van der Waals surface area (Å²) in [5, 5.41) is 12.4. The summed E-state index contributed by atoms with van der Waals surface area (Å²) >= 11 is 0. The van der Waals surface area contributed by atoms with Crippen LogP contribution >= 0.6 is 0 Å². The molecule has 23 heavy (non-hydrogen) atoms.